The van der Waals surface area contributed by atoms with Gasteiger partial charge in [-0.25, -0.2) is 9.50 Å². The lowest BCUT2D eigenvalue weighted by Crippen LogP contribution is -2.37. The van der Waals surface area contributed by atoms with Gasteiger partial charge in [-0.3, -0.25) is 0 Å². The van der Waals surface area contributed by atoms with Crippen LogP contribution >= 0.6 is 11.6 Å². The Bertz CT molecular complexity index is 935. The Morgan fingerprint density at radius 3 is 2.77 bits per heavy atom. The number of fused-ring (bicyclic) bond motifs is 1. The summed E-state index contributed by atoms with van der Waals surface area (Å²) in [5.74, 6) is 0.895. The van der Waals surface area contributed by atoms with E-state index in [-0.39, 0.29) is 6.61 Å². The molecule has 1 N–H and O–H groups in total. The molecule has 1 fully saturated rings. The molecule has 3 aromatic rings. The van der Waals surface area contributed by atoms with Gasteiger partial charge in [0.05, 0.1) is 31.2 Å². The van der Waals surface area contributed by atoms with Crippen molar-refractivity contribution in [2.24, 2.45) is 0 Å². The monoisotopic (exact) mass is 372 g/mol. The highest BCUT2D eigenvalue weighted by Crippen LogP contribution is 2.24. The molecule has 0 spiro atoms. The second-order valence-corrected chi connectivity index (χ2v) is 6.83. The van der Waals surface area contributed by atoms with Gasteiger partial charge in [0.2, 0.25) is 0 Å². The van der Waals surface area contributed by atoms with E-state index in [1.807, 2.05) is 41.8 Å². The first-order chi connectivity index (χ1) is 12.7. The van der Waals surface area contributed by atoms with Crippen LogP contribution in [0.25, 0.3) is 5.65 Å². The van der Waals surface area contributed by atoms with Crippen molar-refractivity contribution in [1.29, 1.82) is 0 Å². The molecule has 136 valence electrons. The summed E-state index contributed by atoms with van der Waals surface area (Å²) >= 11 is 6.27. The van der Waals surface area contributed by atoms with Gasteiger partial charge in [0.1, 0.15) is 5.82 Å². The number of morpholine rings is 1. The first-order valence-corrected chi connectivity index (χ1v) is 9.10. The second-order valence-electron chi connectivity index (χ2n) is 6.42. The molecule has 0 atom stereocenters. The van der Waals surface area contributed by atoms with Gasteiger partial charge in [-0.2, -0.15) is 0 Å². The van der Waals surface area contributed by atoms with Gasteiger partial charge in [-0.05, 0) is 36.2 Å². The average Bonchev–Trinajstić information content (AvgIpc) is 3.03. The lowest BCUT2D eigenvalue weighted by Gasteiger charge is -2.27. The lowest BCUT2D eigenvalue weighted by atomic mass is 10.0. The number of rotatable bonds is 4. The molecule has 6 nitrogen and oxygen atoms in total. The molecule has 1 aromatic carbocycles. The smallest absolute Gasteiger partial charge is 0.154 e. The fourth-order valence-electron chi connectivity index (χ4n) is 3.30. The molecular weight excluding hydrogens is 352 g/mol. The highest BCUT2D eigenvalue weighted by molar-refractivity contribution is 6.31. The minimum Gasteiger partial charge on any atom is -0.390 e. The fraction of sp³-hybridized carbons (Fsp3) is 0.368. The van der Waals surface area contributed by atoms with Crippen LogP contribution in [0.1, 0.15) is 22.5 Å². The van der Waals surface area contributed by atoms with Crippen molar-refractivity contribution in [3.05, 3.63) is 57.9 Å². The molecule has 0 radical (unpaired) electrons. The Hall–Kier alpha value is -2.15. The van der Waals surface area contributed by atoms with Crippen molar-refractivity contribution in [2.45, 2.75) is 20.0 Å². The first-order valence-electron chi connectivity index (χ1n) is 8.72. The van der Waals surface area contributed by atoms with E-state index in [0.29, 0.717) is 25.3 Å². The van der Waals surface area contributed by atoms with Gasteiger partial charge < -0.3 is 14.7 Å². The van der Waals surface area contributed by atoms with E-state index in [1.165, 1.54) is 0 Å². The zero-order valence-corrected chi connectivity index (χ0v) is 15.4. The third-order valence-electron chi connectivity index (χ3n) is 4.86. The van der Waals surface area contributed by atoms with Gasteiger partial charge in [-0.15, -0.1) is 5.10 Å². The second kappa shape index (κ2) is 7.23. The van der Waals surface area contributed by atoms with Gasteiger partial charge >= 0.3 is 0 Å². The SMILES string of the molecule is Cc1c(Cl)cccc1Cc1c(CO)nc2ccc(N3CCOCC3)nn12. The lowest BCUT2D eigenvalue weighted by molar-refractivity contribution is 0.122. The maximum atomic E-state index is 9.78. The number of aromatic nitrogens is 3. The number of aliphatic hydroxyl groups excluding tert-OH is 1. The van der Waals surface area contributed by atoms with Crippen LogP contribution < -0.4 is 4.90 Å². The number of imidazole rings is 1. The van der Waals surface area contributed by atoms with Crippen molar-refractivity contribution in [3.63, 3.8) is 0 Å². The van der Waals surface area contributed by atoms with Gasteiger partial charge in [0.25, 0.3) is 0 Å². The minimum atomic E-state index is -0.120. The van der Waals surface area contributed by atoms with E-state index in [0.717, 1.165) is 46.4 Å². The number of nitrogens with zero attached hydrogens (tertiary/aromatic N) is 4. The van der Waals surface area contributed by atoms with Crippen molar-refractivity contribution < 1.29 is 9.84 Å². The molecular formula is C19H21ClN4O2. The van der Waals surface area contributed by atoms with Gasteiger partial charge in [0, 0.05) is 24.5 Å². The topological polar surface area (TPSA) is 62.9 Å². The van der Waals surface area contributed by atoms with Crippen LogP contribution in [0.5, 0.6) is 0 Å². The number of hydrogen-bond acceptors (Lipinski definition) is 5. The molecule has 0 saturated carbocycles. The van der Waals surface area contributed by atoms with Gasteiger partial charge in [-0.1, -0.05) is 23.7 Å². The normalized spacial score (nSPS) is 15.0. The molecule has 3 heterocycles. The highest BCUT2D eigenvalue weighted by atomic mass is 35.5. The van der Waals surface area contributed by atoms with E-state index in [1.54, 1.807) is 0 Å². The first kappa shape index (κ1) is 17.3. The molecule has 0 amide bonds. The third kappa shape index (κ3) is 3.16. The average molecular weight is 373 g/mol. The summed E-state index contributed by atoms with van der Waals surface area (Å²) in [6, 6.07) is 9.80. The zero-order chi connectivity index (χ0) is 18.1. The predicted molar refractivity (Wildman–Crippen MR) is 101 cm³/mol. The number of ether oxygens (including phenoxy) is 1. The summed E-state index contributed by atoms with van der Waals surface area (Å²) in [5.41, 5.74) is 4.42. The largest absolute Gasteiger partial charge is 0.390 e. The quantitative estimate of drug-likeness (QED) is 0.762. The van der Waals surface area contributed by atoms with E-state index in [9.17, 15) is 5.11 Å². The summed E-state index contributed by atoms with van der Waals surface area (Å²) in [6.45, 7) is 4.95. The Morgan fingerprint density at radius 1 is 1.19 bits per heavy atom. The van der Waals surface area contributed by atoms with Crippen LogP contribution in [0, 0.1) is 6.92 Å². The van der Waals surface area contributed by atoms with Crippen molar-refractivity contribution in [2.75, 3.05) is 31.2 Å². The van der Waals surface area contributed by atoms with Crippen LogP contribution in [0.3, 0.4) is 0 Å². The summed E-state index contributed by atoms with van der Waals surface area (Å²) in [4.78, 5) is 6.74. The molecule has 7 heteroatoms. The summed E-state index contributed by atoms with van der Waals surface area (Å²) < 4.78 is 7.27. The van der Waals surface area contributed by atoms with E-state index < -0.39 is 0 Å². The number of anilines is 1. The van der Waals surface area contributed by atoms with Crippen LogP contribution in [0.4, 0.5) is 5.82 Å². The van der Waals surface area contributed by atoms with Crippen LogP contribution in [-0.2, 0) is 17.8 Å². The minimum absolute atomic E-state index is 0.120. The van der Waals surface area contributed by atoms with E-state index in [4.69, 9.17) is 21.4 Å². The maximum absolute atomic E-state index is 9.78. The van der Waals surface area contributed by atoms with E-state index in [2.05, 4.69) is 9.88 Å². The number of benzene rings is 1. The zero-order valence-electron chi connectivity index (χ0n) is 14.7. The molecule has 1 aliphatic heterocycles. The Morgan fingerprint density at radius 2 is 2.00 bits per heavy atom. The number of aliphatic hydroxyl groups is 1. The summed E-state index contributed by atoms with van der Waals surface area (Å²) in [6.07, 6.45) is 0.614. The van der Waals surface area contributed by atoms with E-state index >= 15 is 0 Å². The molecule has 2 aromatic heterocycles. The maximum Gasteiger partial charge on any atom is 0.154 e. The fourth-order valence-corrected chi connectivity index (χ4v) is 3.50. The molecule has 0 unspecified atom stereocenters. The molecule has 1 saturated heterocycles. The van der Waals surface area contributed by atoms with Crippen molar-refractivity contribution in [1.82, 2.24) is 14.6 Å². The summed E-state index contributed by atoms with van der Waals surface area (Å²) in [5, 5.41) is 15.3. The summed E-state index contributed by atoms with van der Waals surface area (Å²) in [7, 11) is 0. The number of halogens is 1. The standard InChI is InChI=1S/C19H21ClN4O2/c1-13-14(3-2-4-15(13)20)11-17-16(12-25)21-18-5-6-19(22-24(17)18)23-7-9-26-10-8-23/h2-6,25H,7-12H2,1H3. The molecule has 1 aliphatic rings. The molecule has 26 heavy (non-hydrogen) atoms. The van der Waals surface area contributed by atoms with Crippen LogP contribution in [0.15, 0.2) is 30.3 Å². The molecule has 0 aliphatic carbocycles. The van der Waals surface area contributed by atoms with Crippen LogP contribution in [-0.4, -0.2) is 46.0 Å². The number of hydrogen-bond donors (Lipinski definition) is 1. The molecule has 0 bridgehead atoms. The molecule has 4 rings (SSSR count). The highest BCUT2D eigenvalue weighted by Gasteiger charge is 2.18. The Balaban J connectivity index is 1.77. The predicted octanol–water partition coefficient (Wildman–Crippen LogP) is 2.61. The van der Waals surface area contributed by atoms with Gasteiger partial charge in [0.15, 0.2) is 5.65 Å². The Labute approximate surface area is 157 Å². The Kier molecular flexibility index (Phi) is 4.80. The third-order valence-corrected chi connectivity index (χ3v) is 5.27. The van der Waals surface area contributed by atoms with Crippen LogP contribution in [0.2, 0.25) is 5.02 Å². The van der Waals surface area contributed by atoms with Crippen molar-refractivity contribution >= 4 is 23.1 Å². The van der Waals surface area contributed by atoms with Crippen molar-refractivity contribution in [3.8, 4) is 0 Å².